The predicted molar refractivity (Wildman–Crippen MR) is 110 cm³/mol. The second-order valence-corrected chi connectivity index (χ2v) is 8.57. The zero-order chi connectivity index (χ0) is 19.4. The van der Waals surface area contributed by atoms with Gasteiger partial charge in [0.2, 0.25) is 0 Å². The molecule has 0 saturated carbocycles. The Balaban J connectivity index is 1.43. The van der Waals surface area contributed by atoms with Gasteiger partial charge in [0.05, 0.1) is 4.90 Å². The number of hydrogen-bond donors (Lipinski definition) is 2. The van der Waals surface area contributed by atoms with Crippen LogP contribution in [0.15, 0.2) is 65.6 Å². The van der Waals surface area contributed by atoms with Crippen LogP contribution in [0.1, 0.15) is 29.5 Å². The molecular weight excluding hydrogens is 372 g/mol. The summed E-state index contributed by atoms with van der Waals surface area (Å²) < 4.78 is 27.9. The van der Waals surface area contributed by atoms with Gasteiger partial charge in [0.1, 0.15) is 5.82 Å². The zero-order valence-electron chi connectivity index (χ0n) is 15.4. The van der Waals surface area contributed by atoms with E-state index in [4.69, 9.17) is 0 Å². The highest BCUT2D eigenvalue weighted by molar-refractivity contribution is 7.92. The zero-order valence-corrected chi connectivity index (χ0v) is 16.2. The van der Waals surface area contributed by atoms with Crippen LogP contribution in [-0.2, 0) is 29.4 Å². The van der Waals surface area contributed by atoms with Crippen LogP contribution in [0.2, 0.25) is 0 Å². The summed E-state index contributed by atoms with van der Waals surface area (Å²) in [4.78, 5) is 0.265. The summed E-state index contributed by atoms with van der Waals surface area (Å²) >= 11 is 0. The maximum atomic E-state index is 12.7. The Labute approximate surface area is 165 Å². The molecule has 2 N–H and O–H groups in total. The maximum absolute atomic E-state index is 12.7. The third-order valence-electron chi connectivity index (χ3n) is 4.85. The van der Waals surface area contributed by atoms with E-state index >= 15 is 0 Å². The third-order valence-corrected chi connectivity index (χ3v) is 6.20. The molecule has 0 fully saturated rings. The molecule has 0 spiro atoms. The molecule has 4 rings (SSSR count). The van der Waals surface area contributed by atoms with Crippen LogP contribution in [0.5, 0.6) is 0 Å². The van der Waals surface area contributed by atoms with Crippen molar-refractivity contribution in [1.29, 1.82) is 0 Å². The van der Waals surface area contributed by atoms with Crippen molar-refractivity contribution in [3.05, 3.63) is 77.4 Å². The van der Waals surface area contributed by atoms with E-state index in [1.165, 1.54) is 5.56 Å². The topological polar surface area (TPSA) is 84.0 Å². The van der Waals surface area contributed by atoms with Gasteiger partial charge in [0.25, 0.3) is 10.0 Å². The van der Waals surface area contributed by atoms with E-state index < -0.39 is 10.0 Å². The molecule has 28 heavy (non-hydrogen) atoms. The number of rotatable bonds is 6. The lowest BCUT2D eigenvalue weighted by Gasteiger charge is -2.16. The van der Waals surface area contributed by atoms with Gasteiger partial charge in [-0.25, -0.2) is 8.42 Å². The van der Waals surface area contributed by atoms with E-state index in [9.17, 15) is 8.42 Å². The first kappa shape index (κ1) is 18.4. The molecule has 6 nitrogen and oxygen atoms in total. The van der Waals surface area contributed by atoms with Crippen LogP contribution in [-0.4, -0.2) is 18.6 Å². The van der Waals surface area contributed by atoms with Crippen LogP contribution >= 0.6 is 0 Å². The van der Waals surface area contributed by atoms with E-state index in [-0.39, 0.29) is 10.7 Å². The Kier molecular flexibility index (Phi) is 5.25. The number of benzene rings is 2. The van der Waals surface area contributed by atoms with Gasteiger partial charge in [-0.2, -0.15) is 0 Å². The van der Waals surface area contributed by atoms with E-state index in [1.807, 2.05) is 36.4 Å². The number of anilines is 2. The van der Waals surface area contributed by atoms with Gasteiger partial charge >= 0.3 is 0 Å². The van der Waals surface area contributed by atoms with Crippen LogP contribution in [0, 0.1) is 0 Å². The highest BCUT2D eigenvalue weighted by atomic mass is 32.2. The van der Waals surface area contributed by atoms with Gasteiger partial charge in [-0.15, -0.1) is 10.2 Å². The normalized spacial score (nSPS) is 13.6. The molecule has 144 valence electrons. The lowest BCUT2D eigenvalue weighted by molar-refractivity contribution is 0.600. The molecule has 1 aliphatic rings. The van der Waals surface area contributed by atoms with E-state index in [1.54, 1.807) is 24.3 Å². The van der Waals surface area contributed by atoms with E-state index in [2.05, 4.69) is 20.2 Å². The van der Waals surface area contributed by atoms with Gasteiger partial charge < -0.3 is 5.32 Å². The fourth-order valence-corrected chi connectivity index (χ4v) is 4.39. The second-order valence-electron chi connectivity index (χ2n) is 6.89. The molecule has 3 aromatic rings. The lowest BCUT2D eigenvalue weighted by Crippen LogP contribution is -2.15. The lowest BCUT2D eigenvalue weighted by atomic mass is 9.92. The predicted octanol–water partition coefficient (Wildman–Crippen LogP) is 3.77. The van der Waals surface area contributed by atoms with E-state index in [0.29, 0.717) is 12.4 Å². The molecule has 7 heteroatoms. The number of sulfonamides is 1. The summed E-state index contributed by atoms with van der Waals surface area (Å²) in [5, 5.41) is 11.2. The number of aryl methyl sites for hydroxylation is 2. The molecular formula is C21H22N4O2S. The Morgan fingerprint density at radius 2 is 1.54 bits per heavy atom. The summed E-state index contributed by atoms with van der Waals surface area (Å²) in [5.41, 5.74) is 3.50. The van der Waals surface area contributed by atoms with Crippen molar-refractivity contribution in [2.75, 3.05) is 10.0 Å². The quantitative estimate of drug-likeness (QED) is 0.665. The van der Waals surface area contributed by atoms with Crippen LogP contribution < -0.4 is 10.0 Å². The largest absolute Gasteiger partial charge is 0.365 e. The molecule has 2 aromatic carbocycles. The number of fused-ring (bicyclic) bond motifs is 1. The molecule has 0 saturated heterocycles. The Bertz CT molecular complexity index is 1050. The molecule has 0 radical (unpaired) electrons. The van der Waals surface area contributed by atoms with Crippen LogP contribution in [0.4, 0.5) is 11.6 Å². The molecule has 0 aliphatic heterocycles. The standard InChI is InChI=1S/C21H22N4O2S/c26-28(27,19-11-10-17-8-4-5-9-18(17)14-19)25-21-13-12-20(23-24-21)22-15-16-6-2-1-3-7-16/h1-3,6-7,10-14H,4-5,8-9,15H2,(H,22,23)(H,24,25). The molecule has 1 aromatic heterocycles. The van der Waals surface area contributed by atoms with Gasteiger partial charge in [0.15, 0.2) is 5.82 Å². The highest BCUT2D eigenvalue weighted by Crippen LogP contribution is 2.25. The number of hydrogen-bond acceptors (Lipinski definition) is 5. The maximum Gasteiger partial charge on any atom is 0.263 e. The Morgan fingerprint density at radius 3 is 2.29 bits per heavy atom. The van der Waals surface area contributed by atoms with Crippen LogP contribution in [0.25, 0.3) is 0 Å². The van der Waals surface area contributed by atoms with Crippen molar-refractivity contribution in [3.8, 4) is 0 Å². The summed E-state index contributed by atoms with van der Waals surface area (Å²) in [5.74, 6) is 0.781. The fourth-order valence-electron chi connectivity index (χ4n) is 3.34. The monoisotopic (exact) mass is 394 g/mol. The van der Waals surface area contributed by atoms with Gasteiger partial charge in [-0.3, -0.25) is 4.72 Å². The van der Waals surface area contributed by atoms with Gasteiger partial charge in [0, 0.05) is 6.54 Å². The summed E-state index contributed by atoms with van der Waals surface area (Å²) in [6.45, 7) is 0.621. The minimum Gasteiger partial charge on any atom is -0.365 e. The minimum atomic E-state index is -3.69. The molecule has 0 amide bonds. The Hall–Kier alpha value is -2.93. The minimum absolute atomic E-state index is 0.197. The SMILES string of the molecule is O=S(=O)(Nc1ccc(NCc2ccccc2)nn1)c1ccc2c(c1)CCCC2. The Morgan fingerprint density at radius 1 is 0.821 bits per heavy atom. The first-order valence-electron chi connectivity index (χ1n) is 9.36. The van der Waals surface area contributed by atoms with E-state index in [0.717, 1.165) is 36.8 Å². The highest BCUT2D eigenvalue weighted by Gasteiger charge is 2.18. The van der Waals surface area contributed by atoms with Crippen molar-refractivity contribution in [2.45, 2.75) is 37.1 Å². The molecule has 0 bridgehead atoms. The molecule has 1 aliphatic carbocycles. The van der Waals surface area contributed by atoms with Crippen LogP contribution in [0.3, 0.4) is 0 Å². The summed E-state index contributed by atoms with van der Waals surface area (Å²) in [7, 11) is -3.69. The first-order valence-corrected chi connectivity index (χ1v) is 10.8. The smallest absolute Gasteiger partial charge is 0.263 e. The molecule has 1 heterocycles. The van der Waals surface area contributed by atoms with Crippen molar-refractivity contribution in [1.82, 2.24) is 10.2 Å². The number of aromatic nitrogens is 2. The van der Waals surface area contributed by atoms with Gasteiger partial charge in [-0.05, 0) is 66.6 Å². The van der Waals surface area contributed by atoms with Crippen molar-refractivity contribution >= 4 is 21.7 Å². The number of nitrogens with zero attached hydrogens (tertiary/aromatic N) is 2. The average molecular weight is 395 g/mol. The van der Waals surface area contributed by atoms with Crippen molar-refractivity contribution in [2.24, 2.45) is 0 Å². The second kappa shape index (κ2) is 7.98. The number of nitrogens with one attached hydrogen (secondary N) is 2. The first-order chi connectivity index (χ1) is 13.6. The summed E-state index contributed by atoms with van der Waals surface area (Å²) in [6, 6.07) is 18.6. The van der Waals surface area contributed by atoms with Crippen molar-refractivity contribution < 1.29 is 8.42 Å². The third kappa shape index (κ3) is 4.31. The van der Waals surface area contributed by atoms with Gasteiger partial charge in [-0.1, -0.05) is 36.4 Å². The fraction of sp³-hybridized carbons (Fsp3) is 0.238. The molecule has 0 atom stereocenters. The molecule has 0 unspecified atom stereocenters. The summed E-state index contributed by atoms with van der Waals surface area (Å²) in [6.07, 6.45) is 4.22. The van der Waals surface area contributed by atoms with Crippen molar-refractivity contribution in [3.63, 3.8) is 0 Å². The average Bonchev–Trinajstić information content (AvgIpc) is 2.73.